The number of pyridine rings is 1. The first-order valence-corrected chi connectivity index (χ1v) is 7.32. The van der Waals surface area contributed by atoms with Gasteiger partial charge in [-0.25, -0.2) is 4.98 Å². The third-order valence-electron chi connectivity index (χ3n) is 3.80. The lowest BCUT2D eigenvalue weighted by atomic mass is 10.1. The zero-order valence-corrected chi connectivity index (χ0v) is 12.9. The fraction of sp³-hybridized carbons (Fsp3) is 0.467. The van der Waals surface area contributed by atoms with Crippen LogP contribution in [0, 0.1) is 13.8 Å². The molecule has 0 aromatic carbocycles. The molecule has 2 aromatic heterocycles. The van der Waals surface area contributed by atoms with E-state index in [-0.39, 0.29) is 18.9 Å². The van der Waals surface area contributed by atoms with Gasteiger partial charge in [-0.2, -0.15) is 0 Å². The molecule has 1 unspecified atom stereocenters. The highest BCUT2D eigenvalue weighted by atomic mass is 16.5. The molecule has 1 aliphatic rings. The number of hydrogen-bond donors (Lipinski definition) is 1. The fourth-order valence-electron chi connectivity index (χ4n) is 2.78. The summed E-state index contributed by atoms with van der Waals surface area (Å²) < 4.78 is 10.6. The predicted molar refractivity (Wildman–Crippen MR) is 79.2 cm³/mol. The summed E-state index contributed by atoms with van der Waals surface area (Å²) in [6, 6.07) is 1.70. The predicted octanol–water partition coefficient (Wildman–Crippen LogP) is 1.16. The van der Waals surface area contributed by atoms with Gasteiger partial charge in [-0.15, -0.1) is 0 Å². The highest BCUT2D eigenvalue weighted by molar-refractivity contribution is 6.06. The van der Waals surface area contributed by atoms with E-state index in [1.54, 1.807) is 24.8 Å². The maximum absolute atomic E-state index is 12.9. The Morgan fingerprint density at radius 3 is 2.96 bits per heavy atom. The molecule has 2 aromatic rings. The first kappa shape index (κ1) is 15.4. The lowest BCUT2D eigenvalue weighted by Gasteiger charge is -2.32. The topological polar surface area (TPSA) is 106 Å². The zero-order chi connectivity index (χ0) is 16.6. The van der Waals surface area contributed by atoms with Gasteiger partial charge in [0.15, 0.2) is 0 Å². The molecular weight excluding hydrogens is 302 g/mol. The number of fused-ring (bicyclic) bond motifs is 1. The lowest BCUT2D eigenvalue weighted by Crippen LogP contribution is -2.46. The van der Waals surface area contributed by atoms with Crippen molar-refractivity contribution in [2.24, 2.45) is 0 Å². The van der Waals surface area contributed by atoms with Crippen LogP contribution in [0.3, 0.4) is 0 Å². The van der Waals surface area contributed by atoms with Crippen molar-refractivity contribution in [1.82, 2.24) is 15.0 Å². The average molecular weight is 319 g/mol. The number of carboxylic acid groups (broad SMARTS) is 1. The monoisotopic (exact) mass is 319 g/mol. The minimum Gasteiger partial charge on any atom is -0.481 e. The molecule has 0 radical (unpaired) electrons. The van der Waals surface area contributed by atoms with Gasteiger partial charge in [0.05, 0.1) is 35.8 Å². The van der Waals surface area contributed by atoms with Gasteiger partial charge in [-0.1, -0.05) is 5.16 Å². The summed E-state index contributed by atoms with van der Waals surface area (Å²) in [7, 11) is 0. The zero-order valence-electron chi connectivity index (χ0n) is 12.9. The van der Waals surface area contributed by atoms with E-state index in [4.69, 9.17) is 14.4 Å². The van der Waals surface area contributed by atoms with Gasteiger partial charge in [0.25, 0.3) is 11.6 Å². The maximum Gasteiger partial charge on any atom is 0.306 e. The smallest absolute Gasteiger partial charge is 0.306 e. The van der Waals surface area contributed by atoms with E-state index in [0.717, 1.165) is 0 Å². The molecule has 3 rings (SSSR count). The number of aryl methyl sites for hydroxylation is 2. The van der Waals surface area contributed by atoms with Crippen molar-refractivity contribution in [2.45, 2.75) is 26.4 Å². The first-order valence-electron chi connectivity index (χ1n) is 7.32. The van der Waals surface area contributed by atoms with E-state index in [2.05, 4.69) is 10.1 Å². The van der Waals surface area contributed by atoms with Crippen LogP contribution in [0.5, 0.6) is 0 Å². The third kappa shape index (κ3) is 3.02. The van der Waals surface area contributed by atoms with Crippen LogP contribution < -0.4 is 0 Å². The van der Waals surface area contributed by atoms with Gasteiger partial charge >= 0.3 is 5.97 Å². The second kappa shape index (κ2) is 5.96. The molecule has 1 atom stereocenters. The van der Waals surface area contributed by atoms with Gasteiger partial charge in [-0.05, 0) is 19.9 Å². The quantitative estimate of drug-likeness (QED) is 0.904. The van der Waals surface area contributed by atoms with E-state index < -0.39 is 12.1 Å². The van der Waals surface area contributed by atoms with Crippen LogP contribution in [-0.4, -0.2) is 57.8 Å². The third-order valence-corrected chi connectivity index (χ3v) is 3.80. The number of aliphatic carboxylic acids is 1. The Labute approximate surface area is 132 Å². The maximum atomic E-state index is 12.9. The van der Waals surface area contributed by atoms with E-state index >= 15 is 0 Å². The molecule has 122 valence electrons. The Bertz CT molecular complexity index is 770. The number of carboxylic acids is 1. The van der Waals surface area contributed by atoms with Crippen LogP contribution in [0.1, 0.15) is 28.2 Å². The minimum atomic E-state index is -0.943. The summed E-state index contributed by atoms with van der Waals surface area (Å²) in [4.78, 5) is 29.5. The first-order chi connectivity index (χ1) is 11.0. The number of carbonyl (C=O) groups is 2. The standard InChI is InChI=1S/C15H17N3O5/c1-8-5-11(13-9(2)17-23-14(13)16-8)15(21)18-3-4-22-10(7-18)6-12(19)20/h5,10H,3-4,6-7H2,1-2H3,(H,19,20). The molecule has 1 saturated heterocycles. The molecule has 0 aliphatic carbocycles. The normalized spacial score (nSPS) is 18.3. The molecule has 0 bridgehead atoms. The molecule has 0 saturated carbocycles. The number of morpholine rings is 1. The fourth-order valence-corrected chi connectivity index (χ4v) is 2.78. The number of ether oxygens (including phenoxy) is 1. The number of rotatable bonds is 3. The van der Waals surface area contributed by atoms with E-state index in [0.29, 0.717) is 41.2 Å². The second-order valence-corrected chi connectivity index (χ2v) is 5.60. The van der Waals surface area contributed by atoms with Crippen molar-refractivity contribution < 1.29 is 24.0 Å². The molecule has 1 N–H and O–H groups in total. The van der Waals surface area contributed by atoms with Crippen molar-refractivity contribution in [3.05, 3.63) is 23.0 Å². The van der Waals surface area contributed by atoms with Crippen LogP contribution in [0.15, 0.2) is 10.6 Å². The molecule has 1 fully saturated rings. The molecule has 1 amide bonds. The largest absolute Gasteiger partial charge is 0.481 e. The summed E-state index contributed by atoms with van der Waals surface area (Å²) in [5.41, 5.74) is 2.07. The van der Waals surface area contributed by atoms with Crippen LogP contribution in [-0.2, 0) is 9.53 Å². The Hall–Kier alpha value is -2.48. The number of amides is 1. The van der Waals surface area contributed by atoms with Crippen LogP contribution >= 0.6 is 0 Å². The van der Waals surface area contributed by atoms with Crippen molar-refractivity contribution in [3.63, 3.8) is 0 Å². The molecule has 23 heavy (non-hydrogen) atoms. The summed E-state index contributed by atoms with van der Waals surface area (Å²) in [6.07, 6.45) is -0.617. The van der Waals surface area contributed by atoms with Crippen molar-refractivity contribution in [1.29, 1.82) is 0 Å². The van der Waals surface area contributed by atoms with Gasteiger partial charge < -0.3 is 19.3 Å². The van der Waals surface area contributed by atoms with E-state index in [9.17, 15) is 9.59 Å². The Morgan fingerprint density at radius 2 is 2.22 bits per heavy atom. The molecule has 8 heteroatoms. The Balaban J connectivity index is 1.91. The summed E-state index contributed by atoms with van der Waals surface area (Å²) in [5.74, 6) is -1.13. The number of carbonyl (C=O) groups excluding carboxylic acids is 1. The Kier molecular flexibility index (Phi) is 3.99. The highest BCUT2D eigenvalue weighted by Gasteiger charge is 2.28. The van der Waals surface area contributed by atoms with Gasteiger partial charge in [0, 0.05) is 18.8 Å². The lowest BCUT2D eigenvalue weighted by molar-refractivity contribution is -0.141. The van der Waals surface area contributed by atoms with Crippen LogP contribution in [0.4, 0.5) is 0 Å². The van der Waals surface area contributed by atoms with Crippen LogP contribution in [0.25, 0.3) is 11.1 Å². The second-order valence-electron chi connectivity index (χ2n) is 5.60. The molecular formula is C15H17N3O5. The van der Waals surface area contributed by atoms with Crippen molar-refractivity contribution in [3.8, 4) is 0 Å². The number of aromatic nitrogens is 2. The van der Waals surface area contributed by atoms with E-state index in [1.807, 2.05) is 0 Å². The summed E-state index contributed by atoms with van der Waals surface area (Å²) >= 11 is 0. The molecule has 3 heterocycles. The average Bonchev–Trinajstić information content (AvgIpc) is 2.86. The van der Waals surface area contributed by atoms with Crippen molar-refractivity contribution >= 4 is 23.0 Å². The minimum absolute atomic E-state index is 0.124. The van der Waals surface area contributed by atoms with Gasteiger partial charge in [0.2, 0.25) is 0 Å². The summed E-state index contributed by atoms with van der Waals surface area (Å²) in [6.45, 7) is 4.52. The molecule has 0 spiro atoms. The Morgan fingerprint density at radius 1 is 1.43 bits per heavy atom. The van der Waals surface area contributed by atoms with Crippen LogP contribution in [0.2, 0.25) is 0 Å². The molecule has 8 nitrogen and oxygen atoms in total. The SMILES string of the molecule is Cc1cc(C(=O)N2CCOC(CC(=O)O)C2)c2c(C)noc2n1. The molecule has 1 aliphatic heterocycles. The van der Waals surface area contributed by atoms with E-state index in [1.165, 1.54) is 0 Å². The van der Waals surface area contributed by atoms with Gasteiger partial charge in [0.1, 0.15) is 0 Å². The number of nitrogens with zero attached hydrogens (tertiary/aromatic N) is 3. The number of hydrogen-bond acceptors (Lipinski definition) is 6. The highest BCUT2D eigenvalue weighted by Crippen LogP contribution is 2.24. The van der Waals surface area contributed by atoms with Gasteiger partial charge in [-0.3, -0.25) is 9.59 Å². The summed E-state index contributed by atoms with van der Waals surface area (Å²) in [5, 5.41) is 13.3. The van der Waals surface area contributed by atoms with Crippen molar-refractivity contribution in [2.75, 3.05) is 19.7 Å².